The molecular formula is C10H19N3. The van der Waals surface area contributed by atoms with E-state index in [-0.39, 0.29) is 0 Å². The molecule has 0 unspecified atom stereocenters. The maximum atomic E-state index is 4.40. The molecule has 3 heteroatoms. The van der Waals surface area contributed by atoms with E-state index in [1.165, 1.54) is 25.9 Å². The molecule has 0 aromatic rings. The van der Waals surface area contributed by atoms with Crippen LogP contribution in [0.2, 0.25) is 0 Å². The Morgan fingerprint density at radius 2 is 1.92 bits per heavy atom. The van der Waals surface area contributed by atoms with Crippen LogP contribution in [0.25, 0.3) is 0 Å². The van der Waals surface area contributed by atoms with E-state index in [1.54, 1.807) is 0 Å². The lowest BCUT2D eigenvalue weighted by Crippen LogP contribution is -2.44. The Hall–Kier alpha value is -0.570. The summed E-state index contributed by atoms with van der Waals surface area (Å²) in [5.74, 6) is 0. The first kappa shape index (κ1) is 9.00. The molecule has 1 aliphatic carbocycles. The summed E-state index contributed by atoms with van der Waals surface area (Å²) in [4.78, 5) is 2.61. The first-order valence-corrected chi connectivity index (χ1v) is 5.41. The number of hydrazone groups is 1. The molecule has 1 aliphatic heterocycles. The molecule has 2 rings (SSSR count). The summed E-state index contributed by atoms with van der Waals surface area (Å²) in [5.41, 5.74) is 0. The maximum Gasteiger partial charge on any atom is 0.0488 e. The lowest BCUT2D eigenvalue weighted by Gasteiger charge is -2.32. The van der Waals surface area contributed by atoms with Crippen LogP contribution >= 0.6 is 0 Å². The third-order valence-electron chi connectivity index (χ3n) is 2.78. The molecule has 2 aliphatic rings. The van der Waals surface area contributed by atoms with Crippen molar-refractivity contribution < 1.29 is 0 Å². The van der Waals surface area contributed by atoms with Gasteiger partial charge in [-0.1, -0.05) is 6.92 Å². The van der Waals surface area contributed by atoms with Crippen LogP contribution in [-0.2, 0) is 0 Å². The van der Waals surface area contributed by atoms with Gasteiger partial charge in [-0.25, -0.2) is 0 Å². The minimum absolute atomic E-state index is 0.928. The zero-order valence-electron chi connectivity index (χ0n) is 8.45. The van der Waals surface area contributed by atoms with Gasteiger partial charge in [0.15, 0.2) is 0 Å². The van der Waals surface area contributed by atoms with Crippen LogP contribution in [0.3, 0.4) is 0 Å². The molecular weight excluding hydrogens is 162 g/mol. The first-order valence-electron chi connectivity index (χ1n) is 5.41. The number of piperazine rings is 1. The average Bonchev–Trinajstić information content (AvgIpc) is 2.99. The molecule has 0 aromatic heterocycles. The van der Waals surface area contributed by atoms with Crippen molar-refractivity contribution in [2.24, 2.45) is 5.10 Å². The van der Waals surface area contributed by atoms with Crippen molar-refractivity contribution in [2.75, 3.05) is 26.2 Å². The Bertz CT molecular complexity index is 179. The summed E-state index contributed by atoms with van der Waals surface area (Å²) in [5, 5.41) is 6.59. The maximum absolute atomic E-state index is 4.40. The molecule has 74 valence electrons. The van der Waals surface area contributed by atoms with E-state index in [4.69, 9.17) is 0 Å². The lowest BCUT2D eigenvalue weighted by atomic mass is 10.3. The zero-order chi connectivity index (χ0) is 9.10. The van der Waals surface area contributed by atoms with Gasteiger partial charge in [0.1, 0.15) is 0 Å². The van der Waals surface area contributed by atoms with Crippen molar-refractivity contribution in [3.8, 4) is 0 Å². The van der Waals surface area contributed by atoms with Gasteiger partial charge in [-0.05, 0) is 19.3 Å². The van der Waals surface area contributed by atoms with Gasteiger partial charge >= 0.3 is 0 Å². The van der Waals surface area contributed by atoms with Gasteiger partial charge in [0.05, 0.1) is 0 Å². The second-order valence-corrected chi connectivity index (χ2v) is 3.93. The minimum atomic E-state index is 0.928. The van der Waals surface area contributed by atoms with Crippen molar-refractivity contribution in [2.45, 2.75) is 32.2 Å². The molecule has 2 fully saturated rings. The van der Waals surface area contributed by atoms with Crippen molar-refractivity contribution in [1.29, 1.82) is 0 Å². The largest absolute Gasteiger partial charge is 0.297 e. The summed E-state index contributed by atoms with van der Waals surface area (Å²) >= 11 is 0. The second-order valence-electron chi connectivity index (χ2n) is 3.93. The smallest absolute Gasteiger partial charge is 0.0488 e. The third-order valence-corrected chi connectivity index (χ3v) is 2.78. The summed E-state index contributed by atoms with van der Waals surface area (Å²) in [7, 11) is 0. The van der Waals surface area contributed by atoms with Crippen LogP contribution in [0, 0.1) is 0 Å². The molecule has 0 amide bonds. The van der Waals surface area contributed by atoms with Gasteiger partial charge in [0, 0.05) is 38.4 Å². The van der Waals surface area contributed by atoms with Gasteiger partial charge in [-0.3, -0.25) is 9.91 Å². The molecule has 0 spiro atoms. The highest BCUT2D eigenvalue weighted by molar-refractivity contribution is 5.56. The molecule has 0 radical (unpaired) electrons. The standard InChI is InChI=1S/C10H19N3/c1-2-5-11-13-8-6-12(7-9-13)10-3-4-10/h5,10H,2-4,6-9H2,1H3/b11-5+. The third kappa shape index (κ3) is 2.44. The van der Waals surface area contributed by atoms with Crippen LogP contribution in [0.1, 0.15) is 26.2 Å². The Kier molecular flexibility index (Phi) is 2.83. The van der Waals surface area contributed by atoms with Gasteiger partial charge in [-0.2, -0.15) is 5.10 Å². The first-order chi connectivity index (χ1) is 6.40. The van der Waals surface area contributed by atoms with E-state index < -0.39 is 0 Å². The van der Waals surface area contributed by atoms with Crippen molar-refractivity contribution in [1.82, 2.24) is 9.91 Å². The van der Waals surface area contributed by atoms with E-state index >= 15 is 0 Å². The average molecular weight is 181 g/mol. The van der Waals surface area contributed by atoms with Gasteiger partial charge in [-0.15, -0.1) is 0 Å². The van der Waals surface area contributed by atoms with Gasteiger partial charge in [0.2, 0.25) is 0 Å². The molecule has 1 saturated carbocycles. The van der Waals surface area contributed by atoms with Crippen LogP contribution in [0.5, 0.6) is 0 Å². The van der Waals surface area contributed by atoms with Crippen molar-refractivity contribution in [3.05, 3.63) is 0 Å². The summed E-state index contributed by atoms with van der Waals surface area (Å²) in [6, 6.07) is 0.928. The number of hydrogen-bond acceptors (Lipinski definition) is 3. The molecule has 0 aromatic carbocycles. The van der Waals surface area contributed by atoms with Crippen LogP contribution in [0.15, 0.2) is 5.10 Å². The number of rotatable bonds is 3. The SMILES string of the molecule is CC/C=N/N1CCN(C2CC2)CC1. The van der Waals surface area contributed by atoms with Gasteiger partial charge < -0.3 is 0 Å². The zero-order valence-corrected chi connectivity index (χ0v) is 8.45. The quantitative estimate of drug-likeness (QED) is 0.608. The Morgan fingerprint density at radius 3 is 2.46 bits per heavy atom. The minimum Gasteiger partial charge on any atom is -0.297 e. The van der Waals surface area contributed by atoms with E-state index in [9.17, 15) is 0 Å². The van der Waals surface area contributed by atoms with Crippen LogP contribution in [-0.4, -0.2) is 48.3 Å². The fourth-order valence-electron chi connectivity index (χ4n) is 1.83. The Labute approximate surface area is 80.4 Å². The molecule has 1 heterocycles. The number of nitrogens with zero attached hydrogens (tertiary/aromatic N) is 3. The van der Waals surface area contributed by atoms with E-state index in [2.05, 4.69) is 21.9 Å². The van der Waals surface area contributed by atoms with E-state index in [0.717, 1.165) is 25.6 Å². The highest BCUT2D eigenvalue weighted by Crippen LogP contribution is 2.27. The topological polar surface area (TPSA) is 18.8 Å². The molecule has 1 saturated heterocycles. The Balaban J connectivity index is 1.72. The monoisotopic (exact) mass is 181 g/mol. The van der Waals surface area contributed by atoms with Crippen molar-refractivity contribution in [3.63, 3.8) is 0 Å². The van der Waals surface area contributed by atoms with Crippen molar-refractivity contribution >= 4 is 6.21 Å². The van der Waals surface area contributed by atoms with Crippen LogP contribution < -0.4 is 0 Å². The van der Waals surface area contributed by atoms with Gasteiger partial charge in [0.25, 0.3) is 0 Å². The fraction of sp³-hybridized carbons (Fsp3) is 0.900. The number of hydrogen-bond donors (Lipinski definition) is 0. The molecule has 3 nitrogen and oxygen atoms in total. The molecule has 0 atom stereocenters. The van der Waals surface area contributed by atoms with E-state index in [0.29, 0.717) is 0 Å². The highest BCUT2D eigenvalue weighted by atomic mass is 15.5. The molecule has 13 heavy (non-hydrogen) atoms. The van der Waals surface area contributed by atoms with Crippen LogP contribution in [0.4, 0.5) is 0 Å². The summed E-state index contributed by atoms with van der Waals surface area (Å²) in [6.45, 7) is 6.79. The predicted octanol–water partition coefficient (Wildman–Crippen LogP) is 1.16. The lowest BCUT2D eigenvalue weighted by molar-refractivity contribution is 0.130. The Morgan fingerprint density at radius 1 is 1.23 bits per heavy atom. The predicted molar refractivity (Wildman–Crippen MR) is 55.0 cm³/mol. The summed E-state index contributed by atoms with van der Waals surface area (Å²) < 4.78 is 0. The molecule has 0 N–H and O–H groups in total. The second kappa shape index (κ2) is 4.09. The normalized spacial score (nSPS) is 25.8. The highest BCUT2D eigenvalue weighted by Gasteiger charge is 2.30. The molecule has 0 bridgehead atoms. The van der Waals surface area contributed by atoms with E-state index in [1.807, 2.05) is 6.21 Å². The fourth-order valence-corrected chi connectivity index (χ4v) is 1.83. The summed E-state index contributed by atoms with van der Waals surface area (Å²) in [6.07, 6.45) is 5.91.